The van der Waals surface area contributed by atoms with E-state index in [1.165, 1.54) is 36.1 Å². The van der Waals surface area contributed by atoms with Crippen molar-refractivity contribution < 1.29 is 4.79 Å². The number of carbonyl (C=O) groups is 1. The van der Waals surface area contributed by atoms with Gasteiger partial charge in [-0.15, -0.1) is 0 Å². The van der Waals surface area contributed by atoms with Crippen molar-refractivity contribution in [3.05, 3.63) is 120 Å². The van der Waals surface area contributed by atoms with E-state index in [9.17, 15) is 4.79 Å². The van der Waals surface area contributed by atoms with Crippen molar-refractivity contribution in [2.24, 2.45) is 17.8 Å². The van der Waals surface area contributed by atoms with Gasteiger partial charge in [0.15, 0.2) is 0 Å². The molecule has 0 aromatic heterocycles. The number of para-hydroxylation sites is 1. The topological polar surface area (TPSA) is 41.1 Å². The zero-order valence-corrected chi connectivity index (χ0v) is 21.5. The molecular weight excluding hydrogens is 472 g/mol. The standard InChI is InChI=1S/C33H30N2OS/c36-33(35-28-13-7-8-14-29(28)37-25-11-5-2-6-12-25)24-17-18-27-26(20-24)30-22-15-16-23(19-22)31(30)32(34-27)21-9-3-1-4-10-21/h1-14,17-18,20,22-23,30-32,34H,15-16,19H2,(H,35,36)/t22-,23-,30-,31-,32+/m0/s1. The molecule has 7 rings (SSSR count). The highest BCUT2D eigenvalue weighted by Gasteiger charge is 2.53. The van der Waals surface area contributed by atoms with Crippen molar-refractivity contribution in [3.63, 3.8) is 0 Å². The van der Waals surface area contributed by atoms with Crippen LogP contribution in [0, 0.1) is 17.8 Å². The molecule has 1 aliphatic heterocycles. The van der Waals surface area contributed by atoms with E-state index in [1.807, 2.05) is 42.5 Å². The summed E-state index contributed by atoms with van der Waals surface area (Å²) < 4.78 is 0. The maximum Gasteiger partial charge on any atom is 0.255 e. The molecule has 0 saturated heterocycles. The van der Waals surface area contributed by atoms with E-state index >= 15 is 0 Å². The zero-order valence-electron chi connectivity index (χ0n) is 20.6. The van der Waals surface area contributed by atoms with Gasteiger partial charge >= 0.3 is 0 Å². The van der Waals surface area contributed by atoms with E-state index in [2.05, 4.69) is 71.3 Å². The lowest BCUT2D eigenvalue weighted by Crippen LogP contribution is -2.35. The Balaban J connectivity index is 1.18. The van der Waals surface area contributed by atoms with Crippen LogP contribution in [-0.2, 0) is 0 Å². The molecule has 3 nitrogen and oxygen atoms in total. The summed E-state index contributed by atoms with van der Waals surface area (Å²) in [5, 5.41) is 7.09. The number of hydrogen-bond acceptors (Lipinski definition) is 3. The van der Waals surface area contributed by atoms with Gasteiger partial charge in [0, 0.05) is 21.0 Å². The van der Waals surface area contributed by atoms with Crippen molar-refractivity contribution in [3.8, 4) is 0 Å². The van der Waals surface area contributed by atoms with Crippen LogP contribution in [0.4, 0.5) is 11.4 Å². The van der Waals surface area contributed by atoms with E-state index < -0.39 is 0 Å². The average Bonchev–Trinajstić information content (AvgIpc) is 3.58. The minimum absolute atomic E-state index is 0.0474. The number of anilines is 2. The van der Waals surface area contributed by atoms with Crippen LogP contribution >= 0.6 is 11.8 Å². The SMILES string of the molecule is O=C(Nc1ccccc1Sc1ccccc1)c1ccc2c(c1)[C@@H]1[C@H]3CC[C@@H](C3)[C@@H]1[C@@H](c1ccccc1)N2. The highest BCUT2D eigenvalue weighted by molar-refractivity contribution is 7.99. The van der Waals surface area contributed by atoms with Crippen LogP contribution in [0.15, 0.2) is 113 Å². The van der Waals surface area contributed by atoms with Gasteiger partial charge in [0.05, 0.1) is 11.7 Å². The smallest absolute Gasteiger partial charge is 0.255 e. The summed E-state index contributed by atoms with van der Waals surface area (Å²) in [6.45, 7) is 0. The summed E-state index contributed by atoms with van der Waals surface area (Å²) >= 11 is 1.67. The Morgan fingerprint density at radius 2 is 1.54 bits per heavy atom. The van der Waals surface area contributed by atoms with Crippen LogP contribution in [0.25, 0.3) is 0 Å². The predicted molar refractivity (Wildman–Crippen MR) is 151 cm³/mol. The number of amides is 1. The van der Waals surface area contributed by atoms with E-state index in [4.69, 9.17) is 0 Å². The van der Waals surface area contributed by atoms with Crippen molar-refractivity contribution in [1.82, 2.24) is 0 Å². The fraction of sp³-hybridized carbons (Fsp3) is 0.242. The second-order valence-electron chi connectivity index (χ2n) is 10.6. The third kappa shape index (κ3) is 4.14. The Labute approximate surface area is 222 Å². The van der Waals surface area contributed by atoms with Gasteiger partial charge in [-0.1, -0.05) is 72.4 Å². The lowest BCUT2D eigenvalue weighted by Gasteiger charge is -2.43. The third-order valence-corrected chi connectivity index (χ3v) is 9.70. The van der Waals surface area contributed by atoms with E-state index in [0.717, 1.165) is 32.9 Å². The van der Waals surface area contributed by atoms with Crippen molar-refractivity contribution in [1.29, 1.82) is 0 Å². The van der Waals surface area contributed by atoms with Crippen LogP contribution in [0.1, 0.15) is 52.7 Å². The molecule has 1 heterocycles. The van der Waals surface area contributed by atoms with Gasteiger partial charge in [0.1, 0.15) is 0 Å². The number of nitrogens with one attached hydrogen (secondary N) is 2. The first kappa shape index (κ1) is 22.7. The summed E-state index contributed by atoms with van der Waals surface area (Å²) in [6, 6.07) is 35.9. The van der Waals surface area contributed by atoms with Gasteiger partial charge in [-0.05, 0) is 96.5 Å². The first-order chi connectivity index (χ1) is 18.2. The quantitative estimate of drug-likeness (QED) is 0.288. The summed E-state index contributed by atoms with van der Waals surface area (Å²) in [5.41, 5.74) is 5.49. The van der Waals surface area contributed by atoms with Crippen LogP contribution in [-0.4, -0.2) is 5.91 Å². The number of hydrogen-bond donors (Lipinski definition) is 2. The minimum Gasteiger partial charge on any atom is -0.378 e. The molecule has 4 aromatic rings. The van der Waals surface area contributed by atoms with Crippen LogP contribution < -0.4 is 10.6 Å². The summed E-state index contributed by atoms with van der Waals surface area (Å²) in [4.78, 5) is 15.7. The Kier molecular flexibility index (Phi) is 5.78. The van der Waals surface area contributed by atoms with Crippen LogP contribution in [0.5, 0.6) is 0 Å². The third-order valence-electron chi connectivity index (χ3n) is 8.61. The number of rotatable bonds is 5. The second-order valence-corrected chi connectivity index (χ2v) is 11.8. The van der Waals surface area contributed by atoms with Gasteiger partial charge in [0.2, 0.25) is 0 Å². The van der Waals surface area contributed by atoms with Crippen molar-refractivity contribution in [2.75, 3.05) is 10.6 Å². The summed E-state index contributed by atoms with van der Waals surface area (Å²) in [7, 11) is 0. The molecule has 2 bridgehead atoms. The highest BCUT2D eigenvalue weighted by Crippen LogP contribution is 2.63. The van der Waals surface area contributed by atoms with Gasteiger partial charge in [0.25, 0.3) is 5.91 Å². The largest absolute Gasteiger partial charge is 0.378 e. The van der Waals surface area contributed by atoms with Crippen LogP contribution in [0.3, 0.4) is 0 Å². The molecule has 0 spiro atoms. The normalized spacial score (nSPS) is 25.1. The molecular formula is C33H30N2OS. The van der Waals surface area contributed by atoms with E-state index in [-0.39, 0.29) is 5.91 Å². The first-order valence-electron chi connectivity index (χ1n) is 13.3. The summed E-state index contributed by atoms with van der Waals surface area (Å²) in [5.74, 6) is 2.56. The Morgan fingerprint density at radius 3 is 2.38 bits per heavy atom. The molecule has 0 unspecified atom stereocenters. The number of fused-ring (bicyclic) bond motifs is 7. The Hall–Kier alpha value is -3.50. The van der Waals surface area contributed by atoms with Gasteiger partial charge in [-0.25, -0.2) is 0 Å². The second kappa shape index (κ2) is 9.42. The van der Waals surface area contributed by atoms with Gasteiger partial charge < -0.3 is 10.6 Å². The zero-order chi connectivity index (χ0) is 24.8. The minimum atomic E-state index is -0.0474. The molecule has 0 radical (unpaired) electrons. The molecule has 37 heavy (non-hydrogen) atoms. The van der Waals surface area contributed by atoms with Crippen LogP contribution in [0.2, 0.25) is 0 Å². The lowest BCUT2D eigenvalue weighted by atomic mass is 9.68. The average molecular weight is 503 g/mol. The van der Waals surface area contributed by atoms with E-state index in [1.54, 1.807) is 11.8 Å². The Bertz CT molecular complexity index is 1440. The van der Waals surface area contributed by atoms with Crippen molar-refractivity contribution >= 4 is 29.0 Å². The predicted octanol–water partition coefficient (Wildman–Crippen LogP) is 8.39. The molecule has 184 valence electrons. The molecule has 2 saturated carbocycles. The molecule has 2 aliphatic carbocycles. The molecule has 5 atom stereocenters. The Morgan fingerprint density at radius 1 is 0.811 bits per heavy atom. The number of carbonyl (C=O) groups excluding carboxylic acids is 1. The molecule has 2 N–H and O–H groups in total. The monoisotopic (exact) mass is 502 g/mol. The molecule has 3 aliphatic rings. The lowest BCUT2D eigenvalue weighted by molar-refractivity contribution is 0.102. The molecule has 1 amide bonds. The fourth-order valence-electron chi connectivity index (χ4n) is 7.09. The van der Waals surface area contributed by atoms with Gasteiger partial charge in [-0.3, -0.25) is 4.79 Å². The first-order valence-corrected chi connectivity index (χ1v) is 14.1. The molecule has 4 aromatic carbocycles. The molecule has 2 fully saturated rings. The highest BCUT2D eigenvalue weighted by atomic mass is 32.2. The van der Waals surface area contributed by atoms with Crippen molar-refractivity contribution in [2.45, 2.75) is 41.0 Å². The maximum atomic E-state index is 13.5. The number of benzene rings is 4. The van der Waals surface area contributed by atoms with Gasteiger partial charge in [-0.2, -0.15) is 0 Å². The maximum absolute atomic E-state index is 13.5. The molecule has 4 heteroatoms. The van der Waals surface area contributed by atoms with E-state index in [0.29, 0.717) is 17.9 Å². The fourth-order valence-corrected chi connectivity index (χ4v) is 8.01. The summed E-state index contributed by atoms with van der Waals surface area (Å²) in [6.07, 6.45) is 3.97.